The summed E-state index contributed by atoms with van der Waals surface area (Å²) in [5.41, 5.74) is 1.79. The Morgan fingerprint density at radius 2 is 1.84 bits per heavy atom. The highest BCUT2D eigenvalue weighted by Gasteiger charge is 2.12. The minimum absolute atomic E-state index is 0.0280. The normalized spacial score (nSPS) is 11.2. The summed E-state index contributed by atoms with van der Waals surface area (Å²) in [6, 6.07) is 4.40. The molecule has 96 valence electrons. The second-order valence-corrected chi connectivity index (χ2v) is 4.46. The van der Waals surface area contributed by atoms with E-state index in [-0.39, 0.29) is 5.56 Å². The van der Waals surface area contributed by atoms with E-state index in [1.165, 1.54) is 19.1 Å². The van der Waals surface area contributed by atoms with Crippen LogP contribution in [0.2, 0.25) is 0 Å². The van der Waals surface area contributed by atoms with Gasteiger partial charge in [0.1, 0.15) is 11.6 Å². The van der Waals surface area contributed by atoms with Crippen LogP contribution in [-0.4, -0.2) is 14.8 Å². The van der Waals surface area contributed by atoms with E-state index in [1.807, 2.05) is 0 Å². The molecular weight excluding hydrogens is 248 g/mol. The zero-order valence-electron chi connectivity index (χ0n) is 10.5. The minimum atomic E-state index is -0.552. The van der Waals surface area contributed by atoms with E-state index in [1.54, 1.807) is 30.2 Å². The summed E-state index contributed by atoms with van der Waals surface area (Å²) in [5, 5.41) is 4.95. The number of aromatic nitrogens is 3. The molecule has 0 aliphatic carbocycles. The molecule has 0 saturated carbocycles. The van der Waals surface area contributed by atoms with Crippen molar-refractivity contribution in [1.82, 2.24) is 14.8 Å². The molecule has 3 nitrogen and oxygen atoms in total. The standard InChI is InChI=1S/C14H11F2N3/c1-8-12(15)5-9(6-13(8)16)10-3-4-17-14-11(10)7-19(2)18-14/h3-7H,1-2H3. The van der Waals surface area contributed by atoms with Gasteiger partial charge in [-0.1, -0.05) is 0 Å². The summed E-state index contributed by atoms with van der Waals surface area (Å²) in [6.07, 6.45) is 3.37. The Morgan fingerprint density at radius 1 is 1.16 bits per heavy atom. The highest BCUT2D eigenvalue weighted by atomic mass is 19.1. The fraction of sp³-hybridized carbons (Fsp3) is 0.143. The average Bonchev–Trinajstić information content (AvgIpc) is 2.75. The molecule has 0 bridgehead atoms. The maximum absolute atomic E-state index is 13.7. The van der Waals surface area contributed by atoms with Crippen LogP contribution in [0.5, 0.6) is 0 Å². The summed E-state index contributed by atoms with van der Waals surface area (Å²) >= 11 is 0. The first kappa shape index (κ1) is 11.8. The van der Waals surface area contributed by atoms with E-state index >= 15 is 0 Å². The number of hydrogen-bond acceptors (Lipinski definition) is 2. The molecule has 0 aliphatic heterocycles. The number of nitrogens with zero attached hydrogens (tertiary/aromatic N) is 3. The van der Waals surface area contributed by atoms with Crippen LogP contribution in [-0.2, 0) is 7.05 Å². The van der Waals surface area contributed by atoms with Crippen molar-refractivity contribution in [2.24, 2.45) is 7.05 Å². The van der Waals surface area contributed by atoms with Gasteiger partial charge < -0.3 is 0 Å². The first-order valence-corrected chi connectivity index (χ1v) is 5.80. The highest BCUT2D eigenvalue weighted by molar-refractivity contribution is 5.92. The van der Waals surface area contributed by atoms with Crippen LogP contribution in [0.3, 0.4) is 0 Å². The number of hydrogen-bond donors (Lipinski definition) is 0. The van der Waals surface area contributed by atoms with E-state index in [0.29, 0.717) is 11.2 Å². The van der Waals surface area contributed by atoms with E-state index in [0.717, 1.165) is 10.9 Å². The smallest absolute Gasteiger partial charge is 0.181 e. The molecule has 3 aromatic rings. The molecule has 2 aromatic heterocycles. The van der Waals surface area contributed by atoms with Crippen molar-refractivity contribution in [2.75, 3.05) is 0 Å². The van der Waals surface area contributed by atoms with Gasteiger partial charge in [0.05, 0.1) is 0 Å². The highest BCUT2D eigenvalue weighted by Crippen LogP contribution is 2.29. The Balaban J connectivity index is 2.30. The molecule has 0 spiro atoms. The van der Waals surface area contributed by atoms with Crippen LogP contribution in [0.1, 0.15) is 5.56 Å². The van der Waals surface area contributed by atoms with Gasteiger partial charge >= 0.3 is 0 Å². The van der Waals surface area contributed by atoms with Crippen LogP contribution < -0.4 is 0 Å². The molecule has 0 amide bonds. The van der Waals surface area contributed by atoms with Gasteiger partial charge in [-0.05, 0) is 36.2 Å². The molecule has 0 aliphatic rings. The molecule has 0 saturated heterocycles. The van der Waals surface area contributed by atoms with Gasteiger partial charge in [0.25, 0.3) is 0 Å². The van der Waals surface area contributed by atoms with Crippen molar-refractivity contribution in [3.63, 3.8) is 0 Å². The lowest BCUT2D eigenvalue weighted by atomic mass is 10.0. The molecule has 0 fully saturated rings. The van der Waals surface area contributed by atoms with Crippen LogP contribution in [0, 0.1) is 18.6 Å². The third kappa shape index (κ3) is 1.87. The summed E-state index contributed by atoms with van der Waals surface area (Å²) in [6.45, 7) is 1.42. The molecule has 0 unspecified atom stereocenters. The predicted molar refractivity (Wildman–Crippen MR) is 68.6 cm³/mol. The molecular formula is C14H11F2N3. The van der Waals surface area contributed by atoms with Crippen molar-refractivity contribution in [2.45, 2.75) is 6.92 Å². The van der Waals surface area contributed by atoms with Crippen molar-refractivity contribution in [1.29, 1.82) is 0 Å². The number of pyridine rings is 1. The number of fused-ring (bicyclic) bond motifs is 1. The van der Waals surface area contributed by atoms with Crippen molar-refractivity contribution in [3.05, 3.63) is 47.8 Å². The second kappa shape index (κ2) is 4.12. The molecule has 0 N–H and O–H groups in total. The number of benzene rings is 1. The Bertz CT molecular complexity index is 754. The maximum atomic E-state index is 13.7. The Hall–Kier alpha value is -2.30. The van der Waals surface area contributed by atoms with Gasteiger partial charge in [-0.15, -0.1) is 0 Å². The SMILES string of the molecule is Cc1c(F)cc(-c2ccnc3nn(C)cc23)cc1F. The van der Waals surface area contributed by atoms with Crippen LogP contribution >= 0.6 is 0 Å². The molecule has 19 heavy (non-hydrogen) atoms. The van der Waals surface area contributed by atoms with Gasteiger partial charge in [-0.2, -0.15) is 5.10 Å². The van der Waals surface area contributed by atoms with Gasteiger partial charge in [0.15, 0.2) is 5.65 Å². The monoisotopic (exact) mass is 259 g/mol. The van der Waals surface area contributed by atoms with E-state index in [4.69, 9.17) is 0 Å². The first-order chi connectivity index (χ1) is 9.06. The Kier molecular flexibility index (Phi) is 2.55. The third-order valence-electron chi connectivity index (χ3n) is 3.13. The lowest BCUT2D eigenvalue weighted by Crippen LogP contribution is -1.91. The lowest BCUT2D eigenvalue weighted by Gasteiger charge is -2.05. The topological polar surface area (TPSA) is 30.7 Å². The zero-order valence-corrected chi connectivity index (χ0v) is 10.5. The maximum Gasteiger partial charge on any atom is 0.181 e. The fourth-order valence-electron chi connectivity index (χ4n) is 2.09. The van der Waals surface area contributed by atoms with Gasteiger partial charge in [0.2, 0.25) is 0 Å². The zero-order chi connectivity index (χ0) is 13.6. The van der Waals surface area contributed by atoms with Crippen LogP contribution in [0.15, 0.2) is 30.6 Å². The summed E-state index contributed by atoms with van der Waals surface area (Å²) < 4.78 is 28.9. The minimum Gasteiger partial charge on any atom is -0.273 e. The second-order valence-electron chi connectivity index (χ2n) is 4.46. The fourth-order valence-corrected chi connectivity index (χ4v) is 2.09. The van der Waals surface area contributed by atoms with Gasteiger partial charge in [0, 0.05) is 30.4 Å². The van der Waals surface area contributed by atoms with E-state index in [2.05, 4.69) is 10.1 Å². The summed E-state index contributed by atoms with van der Waals surface area (Å²) in [7, 11) is 1.78. The lowest BCUT2D eigenvalue weighted by molar-refractivity contribution is 0.569. The number of rotatable bonds is 1. The van der Waals surface area contributed by atoms with Crippen LogP contribution in [0.25, 0.3) is 22.2 Å². The molecule has 3 rings (SSSR count). The average molecular weight is 259 g/mol. The summed E-state index contributed by atoms with van der Waals surface area (Å²) in [4.78, 5) is 4.13. The van der Waals surface area contributed by atoms with Crippen molar-refractivity contribution >= 4 is 11.0 Å². The van der Waals surface area contributed by atoms with Crippen LogP contribution in [0.4, 0.5) is 8.78 Å². The molecule has 0 radical (unpaired) electrons. The first-order valence-electron chi connectivity index (χ1n) is 5.80. The van der Waals surface area contributed by atoms with Gasteiger partial charge in [-0.3, -0.25) is 4.68 Å². The van der Waals surface area contributed by atoms with Crippen molar-refractivity contribution in [3.8, 4) is 11.1 Å². The molecule has 0 atom stereocenters. The largest absolute Gasteiger partial charge is 0.273 e. The Labute approximate surface area is 108 Å². The predicted octanol–water partition coefficient (Wildman–Crippen LogP) is 3.22. The van der Waals surface area contributed by atoms with E-state index < -0.39 is 11.6 Å². The summed E-state index contributed by atoms with van der Waals surface area (Å²) in [5.74, 6) is -1.10. The van der Waals surface area contributed by atoms with Gasteiger partial charge in [-0.25, -0.2) is 13.8 Å². The molecule has 2 heterocycles. The van der Waals surface area contributed by atoms with E-state index in [9.17, 15) is 8.78 Å². The molecule has 1 aromatic carbocycles. The number of halogens is 2. The number of aryl methyl sites for hydroxylation is 1. The van der Waals surface area contributed by atoms with Crippen molar-refractivity contribution < 1.29 is 8.78 Å². The third-order valence-corrected chi connectivity index (χ3v) is 3.13. The molecule has 5 heteroatoms. The quantitative estimate of drug-likeness (QED) is 0.671. The Morgan fingerprint density at radius 3 is 2.53 bits per heavy atom.